The van der Waals surface area contributed by atoms with E-state index >= 15 is 0 Å². The summed E-state index contributed by atoms with van der Waals surface area (Å²) >= 11 is 2.61. The van der Waals surface area contributed by atoms with E-state index in [9.17, 15) is 18.0 Å². The smallest absolute Gasteiger partial charge is 0.277 e. The second kappa shape index (κ2) is 9.13. The molecule has 0 N–H and O–H groups in total. The molecule has 0 saturated carbocycles. The van der Waals surface area contributed by atoms with Crippen molar-refractivity contribution in [2.45, 2.75) is 24.0 Å². The molecule has 0 radical (unpaired) electrons. The van der Waals surface area contributed by atoms with Gasteiger partial charge in [0, 0.05) is 23.7 Å². The second-order valence-electron chi connectivity index (χ2n) is 6.63. The number of thioether (sulfide) groups is 1. The molecule has 4 aromatic rings. The van der Waals surface area contributed by atoms with Gasteiger partial charge in [0.15, 0.2) is 10.3 Å². The van der Waals surface area contributed by atoms with Gasteiger partial charge in [0.2, 0.25) is 5.91 Å². The van der Waals surface area contributed by atoms with Gasteiger partial charge in [-0.1, -0.05) is 36.0 Å². The van der Waals surface area contributed by atoms with E-state index in [1.165, 1.54) is 47.1 Å². The Labute approximate surface area is 189 Å². The molecule has 0 unspecified atom stereocenters. The van der Waals surface area contributed by atoms with Gasteiger partial charge < -0.3 is 0 Å². The van der Waals surface area contributed by atoms with Crippen LogP contribution in [0.4, 0.5) is 24.0 Å². The van der Waals surface area contributed by atoms with Crippen molar-refractivity contribution in [3.8, 4) is 5.69 Å². The molecular formula is C21H16F3N5OS2. The van der Waals surface area contributed by atoms with E-state index in [2.05, 4.69) is 15.2 Å². The summed E-state index contributed by atoms with van der Waals surface area (Å²) in [5.74, 6) is 0.0257. The standard InChI is InChI=1S/C21H16F3N5OS2/c1-14(30)29(18-9-5-6-15(10-18)21(22,23)24)19-26-16(11-31-19)12-32-20-27-25-13-28(20)17-7-3-2-4-8-17/h2-11,13H,12H2,1H3. The van der Waals surface area contributed by atoms with Gasteiger partial charge in [0.25, 0.3) is 0 Å². The number of carbonyl (C=O) groups excluding carboxylic acids is 1. The Bertz CT molecular complexity index is 1220. The van der Waals surface area contributed by atoms with Crippen molar-refractivity contribution in [3.63, 3.8) is 0 Å². The number of anilines is 2. The lowest BCUT2D eigenvalue weighted by atomic mass is 10.2. The van der Waals surface area contributed by atoms with Crippen LogP contribution in [0.5, 0.6) is 0 Å². The predicted molar refractivity (Wildman–Crippen MR) is 117 cm³/mol. The minimum atomic E-state index is -4.50. The molecule has 0 fully saturated rings. The Hall–Kier alpha value is -3.18. The number of alkyl halides is 3. The van der Waals surface area contributed by atoms with E-state index in [0.717, 1.165) is 17.8 Å². The first-order valence-electron chi connectivity index (χ1n) is 9.33. The van der Waals surface area contributed by atoms with Crippen molar-refractivity contribution < 1.29 is 18.0 Å². The summed E-state index contributed by atoms with van der Waals surface area (Å²) in [4.78, 5) is 17.9. The lowest BCUT2D eigenvalue weighted by Crippen LogP contribution is -2.23. The van der Waals surface area contributed by atoms with Crippen molar-refractivity contribution in [1.82, 2.24) is 19.7 Å². The molecular weight excluding hydrogens is 459 g/mol. The van der Waals surface area contributed by atoms with Gasteiger partial charge in [-0.25, -0.2) is 4.98 Å². The quantitative estimate of drug-likeness (QED) is 0.334. The average Bonchev–Trinajstić information content (AvgIpc) is 3.42. The molecule has 1 amide bonds. The molecule has 0 bridgehead atoms. The number of amides is 1. The van der Waals surface area contributed by atoms with Crippen LogP contribution in [0, 0.1) is 0 Å². The summed E-state index contributed by atoms with van der Waals surface area (Å²) in [6.45, 7) is 1.29. The van der Waals surface area contributed by atoms with Gasteiger partial charge in [0.05, 0.1) is 16.9 Å². The maximum atomic E-state index is 13.1. The van der Waals surface area contributed by atoms with Crippen LogP contribution >= 0.6 is 23.1 Å². The number of hydrogen-bond acceptors (Lipinski definition) is 6. The molecule has 4 rings (SSSR count). The number of thiazole rings is 1. The van der Waals surface area contributed by atoms with Crippen LogP contribution < -0.4 is 4.90 Å². The van der Waals surface area contributed by atoms with Gasteiger partial charge in [-0.15, -0.1) is 21.5 Å². The lowest BCUT2D eigenvalue weighted by Gasteiger charge is -2.19. The van der Waals surface area contributed by atoms with E-state index < -0.39 is 17.6 Å². The van der Waals surface area contributed by atoms with Crippen molar-refractivity contribution >= 4 is 39.8 Å². The van der Waals surface area contributed by atoms with Crippen LogP contribution in [-0.4, -0.2) is 25.7 Å². The third kappa shape index (κ3) is 4.83. The summed E-state index contributed by atoms with van der Waals surface area (Å²) in [5.41, 5.74) is 0.889. The Morgan fingerprint density at radius 1 is 1.16 bits per heavy atom. The molecule has 2 aromatic carbocycles. The number of aromatic nitrogens is 4. The summed E-state index contributed by atoms with van der Waals surface area (Å²) in [7, 11) is 0. The maximum absolute atomic E-state index is 13.1. The molecule has 32 heavy (non-hydrogen) atoms. The van der Waals surface area contributed by atoms with Crippen molar-refractivity contribution in [2.24, 2.45) is 0 Å². The predicted octanol–water partition coefficient (Wildman–Crippen LogP) is 5.72. The average molecular weight is 476 g/mol. The van der Waals surface area contributed by atoms with Gasteiger partial charge in [0.1, 0.15) is 6.33 Å². The number of hydrogen-bond donors (Lipinski definition) is 0. The minimum Gasteiger partial charge on any atom is -0.277 e. The third-order valence-electron chi connectivity index (χ3n) is 4.38. The molecule has 0 aliphatic rings. The molecule has 0 aliphatic carbocycles. The largest absolute Gasteiger partial charge is 0.416 e. The summed E-state index contributed by atoms with van der Waals surface area (Å²) in [5, 5.41) is 10.9. The van der Waals surface area contributed by atoms with Crippen LogP contribution in [0.1, 0.15) is 18.2 Å². The topological polar surface area (TPSA) is 63.9 Å². The molecule has 11 heteroatoms. The Morgan fingerprint density at radius 2 is 1.94 bits per heavy atom. The molecule has 2 aromatic heterocycles. The van der Waals surface area contributed by atoms with E-state index in [4.69, 9.17) is 0 Å². The zero-order chi connectivity index (χ0) is 22.7. The van der Waals surface area contributed by atoms with Gasteiger partial charge >= 0.3 is 6.18 Å². The van der Waals surface area contributed by atoms with E-state index in [-0.39, 0.29) is 5.69 Å². The Balaban J connectivity index is 1.53. The number of benzene rings is 2. The molecule has 2 heterocycles. The van der Waals surface area contributed by atoms with E-state index in [1.54, 1.807) is 11.7 Å². The van der Waals surface area contributed by atoms with Gasteiger partial charge in [-0.2, -0.15) is 13.2 Å². The normalized spacial score (nSPS) is 11.5. The number of halogens is 3. The molecule has 6 nitrogen and oxygen atoms in total. The highest BCUT2D eigenvalue weighted by molar-refractivity contribution is 7.98. The van der Waals surface area contributed by atoms with Crippen LogP contribution in [0.2, 0.25) is 0 Å². The highest BCUT2D eigenvalue weighted by Gasteiger charge is 2.31. The zero-order valence-corrected chi connectivity index (χ0v) is 18.3. The fourth-order valence-corrected chi connectivity index (χ4v) is 4.75. The molecule has 0 saturated heterocycles. The van der Waals surface area contributed by atoms with Crippen molar-refractivity contribution in [2.75, 3.05) is 4.90 Å². The molecule has 164 valence electrons. The number of para-hydroxylation sites is 1. The number of rotatable bonds is 6. The first kappa shape index (κ1) is 22.0. The van der Waals surface area contributed by atoms with E-state index in [1.807, 2.05) is 34.9 Å². The fraction of sp³-hybridized carbons (Fsp3) is 0.143. The van der Waals surface area contributed by atoms with Crippen LogP contribution in [0.15, 0.2) is 71.5 Å². The fourth-order valence-electron chi connectivity index (χ4n) is 2.94. The van der Waals surface area contributed by atoms with Crippen LogP contribution in [-0.2, 0) is 16.7 Å². The first-order valence-corrected chi connectivity index (χ1v) is 11.2. The van der Waals surface area contributed by atoms with Crippen molar-refractivity contribution in [1.29, 1.82) is 0 Å². The van der Waals surface area contributed by atoms with Crippen LogP contribution in [0.3, 0.4) is 0 Å². The van der Waals surface area contributed by atoms with Crippen LogP contribution in [0.25, 0.3) is 5.69 Å². The number of nitrogens with zero attached hydrogens (tertiary/aromatic N) is 5. The highest BCUT2D eigenvalue weighted by Crippen LogP contribution is 2.35. The highest BCUT2D eigenvalue weighted by atomic mass is 32.2. The Morgan fingerprint density at radius 3 is 2.66 bits per heavy atom. The van der Waals surface area contributed by atoms with Gasteiger partial charge in [-0.05, 0) is 30.3 Å². The Kier molecular flexibility index (Phi) is 6.28. The van der Waals surface area contributed by atoms with Crippen molar-refractivity contribution in [3.05, 3.63) is 77.6 Å². The van der Waals surface area contributed by atoms with E-state index in [0.29, 0.717) is 21.7 Å². The first-order chi connectivity index (χ1) is 15.3. The molecule has 0 aliphatic heterocycles. The van der Waals surface area contributed by atoms with Gasteiger partial charge in [-0.3, -0.25) is 14.3 Å². The maximum Gasteiger partial charge on any atom is 0.416 e. The molecule has 0 spiro atoms. The summed E-state index contributed by atoms with van der Waals surface area (Å²) < 4.78 is 41.1. The third-order valence-corrected chi connectivity index (χ3v) is 6.23. The summed E-state index contributed by atoms with van der Waals surface area (Å²) in [6.07, 6.45) is -2.88. The second-order valence-corrected chi connectivity index (χ2v) is 8.41. The monoisotopic (exact) mass is 475 g/mol. The number of carbonyl (C=O) groups is 1. The minimum absolute atomic E-state index is 0.115. The molecule has 0 atom stereocenters. The SMILES string of the molecule is CC(=O)N(c1cccc(C(F)(F)F)c1)c1nc(CSc2nncn2-c2ccccc2)cs1. The zero-order valence-electron chi connectivity index (χ0n) is 16.7. The summed E-state index contributed by atoms with van der Waals surface area (Å²) in [6, 6.07) is 14.3. The lowest BCUT2D eigenvalue weighted by molar-refractivity contribution is -0.137.